The second-order valence-corrected chi connectivity index (χ2v) is 11.9. The van der Waals surface area contributed by atoms with Crippen molar-refractivity contribution in [2.24, 2.45) is 0 Å². The largest absolute Gasteiger partial charge is 0.459 e. The lowest BCUT2D eigenvalue weighted by molar-refractivity contribution is -0.320. The van der Waals surface area contributed by atoms with Crippen LogP contribution < -0.4 is 0 Å². The quantitative estimate of drug-likeness (QED) is 0.164. The van der Waals surface area contributed by atoms with Gasteiger partial charge in [-0.1, -0.05) is 140 Å². The van der Waals surface area contributed by atoms with Gasteiger partial charge in [0.25, 0.3) is 0 Å². The molecule has 0 atom stereocenters. The van der Waals surface area contributed by atoms with Crippen molar-refractivity contribution in [1.82, 2.24) is 0 Å². The zero-order chi connectivity index (χ0) is 34.3. The van der Waals surface area contributed by atoms with Gasteiger partial charge in [0.05, 0.1) is 0 Å². The highest BCUT2D eigenvalue weighted by Gasteiger charge is 2.64. The van der Waals surface area contributed by atoms with E-state index in [2.05, 4.69) is 146 Å². The number of hydrogen-bond acceptors (Lipinski definition) is 0. The SMILES string of the molecule is FC(F)C(F)(F)C(F)(F)F.c1ccc(-c2c3c(cc(-c4cccc5ccccc45)c2-c2cccc4ccccc24)-c2ccccc2C3)cc1. The summed E-state index contributed by atoms with van der Waals surface area (Å²) in [5.41, 5.74) is 13.3. The Morgan fingerprint density at radius 1 is 0.449 bits per heavy atom. The van der Waals surface area contributed by atoms with E-state index in [1.165, 1.54) is 77.2 Å². The second-order valence-electron chi connectivity index (χ2n) is 11.9. The van der Waals surface area contributed by atoms with Crippen molar-refractivity contribution in [3.63, 3.8) is 0 Å². The highest BCUT2D eigenvalue weighted by molar-refractivity contribution is 6.11. The molecule has 49 heavy (non-hydrogen) atoms. The molecule has 8 rings (SSSR count). The maximum Gasteiger partial charge on any atom is 0.459 e. The molecule has 244 valence electrons. The molecule has 0 aliphatic heterocycles. The zero-order valence-corrected chi connectivity index (χ0v) is 25.8. The summed E-state index contributed by atoms with van der Waals surface area (Å²) in [6, 6.07) is 53.4. The van der Waals surface area contributed by atoms with Gasteiger partial charge in [0.15, 0.2) is 0 Å². The Hall–Kier alpha value is -5.43. The van der Waals surface area contributed by atoms with Crippen LogP contribution >= 0.6 is 0 Å². The van der Waals surface area contributed by atoms with E-state index in [0.29, 0.717) is 0 Å². The molecule has 1 aliphatic rings. The van der Waals surface area contributed by atoms with Crippen LogP contribution in [0, 0.1) is 0 Å². The van der Waals surface area contributed by atoms with E-state index >= 15 is 0 Å². The van der Waals surface area contributed by atoms with Crippen LogP contribution in [0.15, 0.2) is 146 Å². The van der Waals surface area contributed by atoms with E-state index in [0.717, 1.165) is 6.42 Å². The first kappa shape index (κ1) is 32.1. The van der Waals surface area contributed by atoms with Gasteiger partial charge in [-0.3, -0.25) is 0 Å². The van der Waals surface area contributed by atoms with Crippen molar-refractivity contribution in [2.45, 2.75) is 24.9 Å². The molecule has 0 fully saturated rings. The normalized spacial score (nSPS) is 12.5. The average molecular weight is 665 g/mol. The molecule has 0 radical (unpaired) electrons. The maximum atomic E-state index is 11.2. The Kier molecular flexibility index (Phi) is 8.23. The molecule has 0 nitrogen and oxygen atoms in total. The molecule has 0 saturated carbocycles. The van der Waals surface area contributed by atoms with Gasteiger partial charge >= 0.3 is 18.5 Å². The standard InChI is InChI=1S/C39H26.C3HF7/c1-2-14-28(15-3-1)38-36-24-29-16-6-9-21-32(29)35(36)25-37(33-22-10-17-26-12-4-7-19-30(26)33)39(38)34-23-11-18-27-13-5-8-20-31(27)34;4-1(5)2(6,7)3(8,9)10/h1-23,25H,24H2;1H. The fourth-order valence-corrected chi connectivity index (χ4v) is 6.72. The van der Waals surface area contributed by atoms with Gasteiger partial charge in [-0.2, -0.15) is 22.0 Å². The van der Waals surface area contributed by atoms with Crippen LogP contribution in [0.4, 0.5) is 30.7 Å². The van der Waals surface area contributed by atoms with E-state index in [9.17, 15) is 30.7 Å². The molecule has 7 aromatic rings. The summed E-state index contributed by atoms with van der Waals surface area (Å²) in [5.74, 6) is -5.90. The van der Waals surface area contributed by atoms with Crippen molar-refractivity contribution in [3.05, 3.63) is 157 Å². The molecule has 0 unspecified atom stereocenters. The smallest absolute Gasteiger partial charge is 0.203 e. The summed E-state index contributed by atoms with van der Waals surface area (Å²) in [5, 5.41) is 5.10. The summed E-state index contributed by atoms with van der Waals surface area (Å²) >= 11 is 0. The first-order chi connectivity index (χ1) is 23.6. The summed E-state index contributed by atoms with van der Waals surface area (Å²) < 4.78 is 76.6. The predicted molar refractivity (Wildman–Crippen MR) is 183 cm³/mol. The van der Waals surface area contributed by atoms with E-state index in [1.807, 2.05) is 0 Å². The third kappa shape index (κ3) is 5.73. The minimum Gasteiger partial charge on any atom is -0.203 e. The minimum atomic E-state index is -6.17. The number of hydrogen-bond donors (Lipinski definition) is 0. The molecule has 0 bridgehead atoms. The fraction of sp³-hybridized carbons (Fsp3) is 0.0952. The molecule has 7 aromatic carbocycles. The molecule has 0 spiro atoms. The summed E-state index contributed by atoms with van der Waals surface area (Å²) in [6.07, 6.45) is -9.92. The van der Waals surface area contributed by atoms with E-state index in [-0.39, 0.29) is 0 Å². The van der Waals surface area contributed by atoms with Crippen molar-refractivity contribution in [1.29, 1.82) is 0 Å². The second kappa shape index (κ2) is 12.5. The topological polar surface area (TPSA) is 0 Å². The highest BCUT2D eigenvalue weighted by atomic mass is 19.4. The van der Waals surface area contributed by atoms with Crippen molar-refractivity contribution in [2.75, 3.05) is 0 Å². The van der Waals surface area contributed by atoms with Gasteiger partial charge in [0.1, 0.15) is 0 Å². The van der Waals surface area contributed by atoms with Gasteiger partial charge in [-0.25, -0.2) is 8.78 Å². The Morgan fingerprint density at radius 2 is 0.959 bits per heavy atom. The molecular formula is C42H27F7. The molecule has 7 heteroatoms. The molecule has 0 N–H and O–H groups in total. The lowest BCUT2D eigenvalue weighted by Gasteiger charge is -2.23. The lowest BCUT2D eigenvalue weighted by Crippen LogP contribution is -2.42. The highest BCUT2D eigenvalue weighted by Crippen LogP contribution is 2.52. The van der Waals surface area contributed by atoms with Crippen LogP contribution in [-0.4, -0.2) is 18.5 Å². The maximum absolute atomic E-state index is 11.2. The van der Waals surface area contributed by atoms with Crippen LogP contribution in [0.1, 0.15) is 11.1 Å². The zero-order valence-electron chi connectivity index (χ0n) is 25.8. The van der Waals surface area contributed by atoms with Crippen molar-refractivity contribution < 1.29 is 30.7 Å². The third-order valence-corrected chi connectivity index (χ3v) is 8.96. The summed E-state index contributed by atoms with van der Waals surface area (Å²) in [6.45, 7) is 0. The molecular weight excluding hydrogens is 637 g/mol. The number of halogens is 7. The Morgan fingerprint density at radius 3 is 1.57 bits per heavy atom. The lowest BCUT2D eigenvalue weighted by atomic mass is 9.80. The number of rotatable bonds is 4. The number of alkyl halides is 7. The van der Waals surface area contributed by atoms with Crippen LogP contribution in [0.3, 0.4) is 0 Å². The molecule has 0 saturated heterocycles. The summed E-state index contributed by atoms with van der Waals surface area (Å²) in [4.78, 5) is 0. The number of benzene rings is 7. The first-order valence-corrected chi connectivity index (χ1v) is 15.6. The van der Waals surface area contributed by atoms with Crippen molar-refractivity contribution in [3.8, 4) is 44.5 Å². The van der Waals surface area contributed by atoms with Crippen molar-refractivity contribution >= 4 is 21.5 Å². The van der Waals surface area contributed by atoms with Crippen LogP contribution in [-0.2, 0) is 6.42 Å². The fourth-order valence-electron chi connectivity index (χ4n) is 6.72. The van der Waals surface area contributed by atoms with Gasteiger partial charge in [-0.15, -0.1) is 0 Å². The van der Waals surface area contributed by atoms with E-state index in [4.69, 9.17) is 0 Å². The predicted octanol–water partition coefficient (Wildman–Crippen LogP) is 13.0. The Labute approximate surface area is 278 Å². The third-order valence-electron chi connectivity index (χ3n) is 8.96. The van der Waals surface area contributed by atoms with Gasteiger partial charge in [0, 0.05) is 0 Å². The average Bonchev–Trinajstić information content (AvgIpc) is 3.49. The molecule has 1 aliphatic carbocycles. The van der Waals surface area contributed by atoms with E-state index < -0.39 is 18.5 Å². The Bertz CT molecular complexity index is 2290. The van der Waals surface area contributed by atoms with Crippen LogP contribution in [0.5, 0.6) is 0 Å². The van der Waals surface area contributed by atoms with Crippen LogP contribution in [0.25, 0.3) is 66.1 Å². The van der Waals surface area contributed by atoms with Crippen LogP contribution in [0.2, 0.25) is 0 Å². The van der Waals surface area contributed by atoms with Gasteiger partial charge in [-0.05, 0) is 89.7 Å². The molecule has 0 aromatic heterocycles. The van der Waals surface area contributed by atoms with Gasteiger partial charge in [0.2, 0.25) is 0 Å². The minimum absolute atomic E-state index is 0.948. The first-order valence-electron chi connectivity index (χ1n) is 15.6. The van der Waals surface area contributed by atoms with E-state index in [1.54, 1.807) is 0 Å². The van der Waals surface area contributed by atoms with Gasteiger partial charge < -0.3 is 0 Å². The molecule has 0 amide bonds. The molecule has 0 heterocycles. The number of fused-ring (bicyclic) bond motifs is 5. The summed E-state index contributed by atoms with van der Waals surface area (Å²) in [7, 11) is 0. The Balaban J connectivity index is 0.000000332. The monoisotopic (exact) mass is 664 g/mol.